The maximum absolute atomic E-state index is 14.3. The van der Waals surface area contributed by atoms with Gasteiger partial charge >= 0.3 is 0 Å². The summed E-state index contributed by atoms with van der Waals surface area (Å²) in [7, 11) is -4.74. The Kier molecular flexibility index (Phi) is 7.69. The molecular weight excluding hydrogens is 417 g/mol. The van der Waals surface area contributed by atoms with Gasteiger partial charge in [-0.2, -0.15) is 8.42 Å². The number of ether oxygens (including phenoxy) is 1. The highest BCUT2D eigenvalue weighted by molar-refractivity contribution is 7.89. The van der Waals surface area contributed by atoms with E-state index in [1.807, 2.05) is 0 Å². The number of nitrogens with two attached hydrogens (primary N) is 3. The summed E-state index contributed by atoms with van der Waals surface area (Å²) in [5.41, 5.74) is 16.0. The van der Waals surface area contributed by atoms with Crippen molar-refractivity contribution in [2.24, 2.45) is 22.2 Å². The maximum Gasteiger partial charge on any atom is 0.289 e. The number of halogens is 1. The molecule has 2 aromatic rings. The fourth-order valence-corrected chi connectivity index (χ4v) is 3.41. The third kappa shape index (κ3) is 5.89. The van der Waals surface area contributed by atoms with Crippen LogP contribution in [0.2, 0.25) is 0 Å². The zero-order valence-corrected chi connectivity index (χ0v) is 16.6. The molecule has 0 saturated carbocycles. The van der Waals surface area contributed by atoms with Gasteiger partial charge in [-0.3, -0.25) is 15.0 Å². The standard InChI is InChI=1S/C18H22FN5O5S/c19-14-11-13(8-9-16(14)29-12-5-2-1-3-6-12)30(27,28)24(26)17(25)15(20)7-4-10-23-18(21)22/h1-3,5-6,8-9,11,15,26H,4,7,10,20H2,(H4,21,22,23)/t15-/m1/s1. The molecule has 0 fully saturated rings. The van der Waals surface area contributed by atoms with Crippen molar-refractivity contribution in [3.05, 3.63) is 54.3 Å². The summed E-state index contributed by atoms with van der Waals surface area (Å²) in [6.45, 7) is 0.176. The third-order valence-corrected chi connectivity index (χ3v) is 5.36. The third-order valence-electron chi connectivity index (χ3n) is 3.87. The summed E-state index contributed by atoms with van der Waals surface area (Å²) in [5.74, 6) is -2.29. The molecule has 0 saturated heterocycles. The maximum atomic E-state index is 14.3. The Morgan fingerprint density at radius 2 is 1.87 bits per heavy atom. The number of hydrogen-bond acceptors (Lipinski definition) is 7. The predicted octanol–water partition coefficient (Wildman–Crippen LogP) is 0.905. The number of benzene rings is 2. The average molecular weight is 439 g/mol. The van der Waals surface area contributed by atoms with E-state index in [9.17, 15) is 22.8 Å². The highest BCUT2D eigenvalue weighted by Gasteiger charge is 2.32. The number of hydroxylamine groups is 1. The van der Waals surface area contributed by atoms with E-state index in [4.69, 9.17) is 21.9 Å². The summed E-state index contributed by atoms with van der Waals surface area (Å²) in [4.78, 5) is 15.2. The minimum Gasteiger partial charge on any atom is -0.454 e. The lowest BCUT2D eigenvalue weighted by Gasteiger charge is -2.19. The number of para-hydroxylation sites is 1. The van der Waals surface area contributed by atoms with E-state index in [1.165, 1.54) is 0 Å². The van der Waals surface area contributed by atoms with Crippen LogP contribution < -0.4 is 21.9 Å². The van der Waals surface area contributed by atoms with Gasteiger partial charge in [0, 0.05) is 6.54 Å². The Labute approximate surface area is 172 Å². The fraction of sp³-hybridized carbons (Fsp3) is 0.222. The topological polar surface area (TPSA) is 174 Å². The normalized spacial score (nSPS) is 12.1. The molecule has 0 bridgehead atoms. The van der Waals surface area contributed by atoms with Gasteiger partial charge in [0.1, 0.15) is 5.75 Å². The molecule has 0 unspecified atom stereocenters. The molecule has 0 spiro atoms. The minimum absolute atomic E-state index is 0.0143. The average Bonchev–Trinajstić information content (AvgIpc) is 2.71. The fourth-order valence-electron chi connectivity index (χ4n) is 2.34. The highest BCUT2D eigenvalue weighted by Crippen LogP contribution is 2.27. The molecule has 1 amide bonds. The first kappa shape index (κ1) is 23.1. The molecule has 7 N–H and O–H groups in total. The van der Waals surface area contributed by atoms with Crippen molar-refractivity contribution in [1.82, 2.24) is 4.47 Å². The van der Waals surface area contributed by atoms with Crippen LogP contribution >= 0.6 is 0 Å². The van der Waals surface area contributed by atoms with Crippen LogP contribution in [0.5, 0.6) is 11.5 Å². The van der Waals surface area contributed by atoms with E-state index in [0.717, 1.165) is 12.1 Å². The summed E-state index contributed by atoms with van der Waals surface area (Å²) in [6.07, 6.45) is 0.291. The van der Waals surface area contributed by atoms with Crippen LogP contribution in [-0.4, -0.2) is 42.5 Å². The van der Waals surface area contributed by atoms with Gasteiger partial charge in [0.25, 0.3) is 15.9 Å². The van der Waals surface area contributed by atoms with E-state index in [0.29, 0.717) is 11.8 Å². The number of sulfonamides is 1. The zero-order valence-electron chi connectivity index (χ0n) is 15.8. The highest BCUT2D eigenvalue weighted by atomic mass is 32.2. The largest absolute Gasteiger partial charge is 0.454 e. The first-order valence-electron chi connectivity index (χ1n) is 8.74. The zero-order chi connectivity index (χ0) is 22.3. The van der Waals surface area contributed by atoms with Gasteiger partial charge in [0.15, 0.2) is 17.5 Å². The van der Waals surface area contributed by atoms with Crippen LogP contribution in [0.4, 0.5) is 4.39 Å². The van der Waals surface area contributed by atoms with Gasteiger partial charge in [0.2, 0.25) is 0 Å². The van der Waals surface area contributed by atoms with Gasteiger partial charge < -0.3 is 21.9 Å². The number of guanidine groups is 1. The molecule has 162 valence electrons. The number of rotatable bonds is 9. The van der Waals surface area contributed by atoms with Gasteiger partial charge in [-0.15, -0.1) is 4.47 Å². The van der Waals surface area contributed by atoms with Crippen LogP contribution in [0.25, 0.3) is 0 Å². The predicted molar refractivity (Wildman–Crippen MR) is 107 cm³/mol. The second kappa shape index (κ2) is 10.0. The number of hydrogen-bond donors (Lipinski definition) is 4. The van der Waals surface area contributed by atoms with Gasteiger partial charge in [-0.25, -0.2) is 4.39 Å². The molecule has 1 atom stereocenters. The molecule has 2 aromatic carbocycles. The molecule has 12 heteroatoms. The Morgan fingerprint density at radius 3 is 2.47 bits per heavy atom. The Hall–Kier alpha value is -3.22. The number of carbonyl (C=O) groups is 1. The van der Waals surface area contributed by atoms with Crippen molar-refractivity contribution in [2.75, 3.05) is 6.54 Å². The molecule has 0 aliphatic carbocycles. The Bertz CT molecular complexity index is 1010. The Balaban J connectivity index is 2.10. The quantitative estimate of drug-likeness (QED) is 0.147. The molecule has 10 nitrogen and oxygen atoms in total. The molecule has 0 aromatic heterocycles. The van der Waals surface area contributed by atoms with Gasteiger partial charge in [-0.1, -0.05) is 18.2 Å². The minimum atomic E-state index is -4.74. The SMILES string of the molecule is NC(N)=NCCC[C@@H](N)C(=O)N(O)S(=O)(=O)c1ccc(Oc2ccccc2)c(F)c1. The second-order valence-electron chi connectivity index (χ2n) is 6.15. The molecule has 0 aliphatic rings. The lowest BCUT2D eigenvalue weighted by Crippen LogP contribution is -2.45. The summed E-state index contributed by atoms with van der Waals surface area (Å²) < 4.78 is 44.1. The molecule has 0 heterocycles. The van der Waals surface area contributed by atoms with E-state index >= 15 is 0 Å². The monoisotopic (exact) mass is 439 g/mol. The van der Waals surface area contributed by atoms with Crippen LogP contribution in [0.3, 0.4) is 0 Å². The van der Waals surface area contributed by atoms with Crippen LogP contribution in [0.1, 0.15) is 12.8 Å². The number of amides is 1. The van der Waals surface area contributed by atoms with E-state index in [-0.39, 0.29) is 31.1 Å². The Morgan fingerprint density at radius 1 is 1.20 bits per heavy atom. The number of aliphatic imine (C=N–C) groups is 1. The van der Waals surface area contributed by atoms with Crippen molar-refractivity contribution in [1.29, 1.82) is 0 Å². The van der Waals surface area contributed by atoms with E-state index in [2.05, 4.69) is 4.99 Å². The van der Waals surface area contributed by atoms with Crippen molar-refractivity contribution in [2.45, 2.75) is 23.8 Å². The first-order chi connectivity index (χ1) is 14.1. The van der Waals surface area contributed by atoms with Crippen molar-refractivity contribution >= 4 is 21.9 Å². The molecular formula is C18H22FN5O5S. The smallest absolute Gasteiger partial charge is 0.289 e. The lowest BCUT2D eigenvalue weighted by atomic mass is 10.1. The summed E-state index contributed by atoms with van der Waals surface area (Å²) >= 11 is 0. The summed E-state index contributed by atoms with van der Waals surface area (Å²) in [6, 6.07) is 9.67. The van der Waals surface area contributed by atoms with Gasteiger partial charge in [0.05, 0.1) is 10.9 Å². The summed E-state index contributed by atoms with van der Waals surface area (Å²) in [5, 5.41) is 9.90. The van der Waals surface area contributed by atoms with Crippen molar-refractivity contribution < 1.29 is 27.5 Å². The van der Waals surface area contributed by atoms with Crippen LogP contribution in [0, 0.1) is 5.82 Å². The second-order valence-corrected chi connectivity index (χ2v) is 7.92. The van der Waals surface area contributed by atoms with Crippen LogP contribution in [0.15, 0.2) is 58.4 Å². The molecule has 0 radical (unpaired) electrons. The van der Waals surface area contributed by atoms with Crippen LogP contribution in [-0.2, 0) is 14.8 Å². The van der Waals surface area contributed by atoms with E-state index in [1.54, 1.807) is 30.3 Å². The molecule has 30 heavy (non-hydrogen) atoms. The number of carbonyl (C=O) groups excluding carboxylic acids is 1. The van der Waals surface area contributed by atoms with Crippen molar-refractivity contribution in [3.8, 4) is 11.5 Å². The first-order valence-corrected chi connectivity index (χ1v) is 10.2. The lowest BCUT2D eigenvalue weighted by molar-refractivity contribution is -0.147. The molecule has 2 rings (SSSR count). The van der Waals surface area contributed by atoms with Crippen molar-refractivity contribution in [3.63, 3.8) is 0 Å². The molecule has 0 aliphatic heterocycles. The van der Waals surface area contributed by atoms with Gasteiger partial charge in [-0.05, 0) is 43.2 Å². The number of nitrogens with zero attached hydrogens (tertiary/aromatic N) is 2. The van der Waals surface area contributed by atoms with E-state index < -0.39 is 37.2 Å².